The molecule has 0 unspecified atom stereocenters. The van der Waals surface area contributed by atoms with Crippen molar-refractivity contribution in [3.8, 4) is 0 Å². The molecular formula is C12H18O. The van der Waals surface area contributed by atoms with Crippen molar-refractivity contribution in [2.75, 3.05) is 6.61 Å². The minimum Gasteiger partial charge on any atom is -0.396 e. The molecule has 2 aliphatic rings. The summed E-state index contributed by atoms with van der Waals surface area (Å²) in [4.78, 5) is 0. The van der Waals surface area contributed by atoms with Gasteiger partial charge >= 0.3 is 0 Å². The smallest absolute Gasteiger partial charge is 0.0436 e. The molecule has 1 heteroatoms. The van der Waals surface area contributed by atoms with E-state index in [1.54, 1.807) is 0 Å². The molecule has 2 aliphatic carbocycles. The first-order chi connectivity index (χ1) is 6.36. The quantitative estimate of drug-likeness (QED) is 0.658. The Balaban J connectivity index is 2.03. The third kappa shape index (κ3) is 1.46. The molecule has 72 valence electrons. The number of allylic oxidation sites excluding steroid dienone is 3. The molecule has 0 aromatic rings. The molecule has 1 N–H and O–H groups in total. The Hall–Kier alpha value is -0.560. The molecule has 0 aliphatic heterocycles. The van der Waals surface area contributed by atoms with E-state index < -0.39 is 0 Å². The predicted octanol–water partition coefficient (Wildman–Crippen LogP) is 2.38. The maximum atomic E-state index is 8.92. The van der Waals surface area contributed by atoms with Crippen LogP contribution in [0.1, 0.15) is 19.3 Å². The highest BCUT2D eigenvalue weighted by atomic mass is 16.3. The number of rotatable bonds is 3. The van der Waals surface area contributed by atoms with Gasteiger partial charge in [0.15, 0.2) is 0 Å². The second kappa shape index (κ2) is 3.67. The molecule has 1 saturated carbocycles. The highest BCUT2D eigenvalue weighted by molar-refractivity contribution is 5.13. The average molecular weight is 178 g/mol. The van der Waals surface area contributed by atoms with Crippen molar-refractivity contribution in [3.63, 3.8) is 0 Å². The summed E-state index contributed by atoms with van der Waals surface area (Å²) in [5, 5.41) is 8.92. The number of hydrogen-bond donors (Lipinski definition) is 1. The van der Waals surface area contributed by atoms with Crippen LogP contribution in [0.2, 0.25) is 0 Å². The normalized spacial score (nSPS) is 42.2. The van der Waals surface area contributed by atoms with Crippen molar-refractivity contribution in [2.24, 2.45) is 23.7 Å². The van der Waals surface area contributed by atoms with Crippen LogP contribution in [-0.4, -0.2) is 11.7 Å². The van der Waals surface area contributed by atoms with Gasteiger partial charge in [0, 0.05) is 6.61 Å². The Labute approximate surface area is 80.2 Å². The van der Waals surface area contributed by atoms with Gasteiger partial charge in [0.1, 0.15) is 0 Å². The van der Waals surface area contributed by atoms with Crippen LogP contribution >= 0.6 is 0 Å². The Bertz CT molecular complexity index is 219. The molecule has 1 nitrogen and oxygen atoms in total. The van der Waals surface area contributed by atoms with Gasteiger partial charge in [0.25, 0.3) is 0 Å². The second-order valence-corrected chi connectivity index (χ2v) is 4.28. The molecule has 0 bridgehead atoms. The highest BCUT2D eigenvalue weighted by Crippen LogP contribution is 2.47. The van der Waals surface area contributed by atoms with Crippen LogP contribution in [0.4, 0.5) is 0 Å². The lowest BCUT2D eigenvalue weighted by atomic mass is 9.86. The van der Waals surface area contributed by atoms with Crippen LogP contribution in [-0.2, 0) is 0 Å². The van der Waals surface area contributed by atoms with E-state index in [2.05, 4.69) is 24.8 Å². The second-order valence-electron chi connectivity index (χ2n) is 4.28. The van der Waals surface area contributed by atoms with Gasteiger partial charge in [-0.3, -0.25) is 0 Å². The molecular weight excluding hydrogens is 160 g/mol. The number of aliphatic hydroxyl groups is 1. The van der Waals surface area contributed by atoms with Gasteiger partial charge in [0.05, 0.1) is 0 Å². The lowest BCUT2D eigenvalue weighted by Gasteiger charge is -2.18. The summed E-state index contributed by atoms with van der Waals surface area (Å²) in [5.74, 6) is 2.87. The van der Waals surface area contributed by atoms with E-state index in [-0.39, 0.29) is 0 Å². The van der Waals surface area contributed by atoms with E-state index in [0.717, 1.165) is 18.3 Å². The van der Waals surface area contributed by atoms with E-state index >= 15 is 0 Å². The fourth-order valence-electron chi connectivity index (χ4n) is 3.02. The standard InChI is InChI=1S/C12H18O/c1-2-9-3-5-12-10(7-8-13)4-6-11(9)12/h2,4,6,9-13H,1,3,5,7-8H2/t9-,10+,11-,12-/m0/s1. The summed E-state index contributed by atoms with van der Waals surface area (Å²) in [6.07, 6.45) is 10.3. The molecule has 0 radical (unpaired) electrons. The van der Waals surface area contributed by atoms with Gasteiger partial charge < -0.3 is 5.11 Å². The van der Waals surface area contributed by atoms with Crippen molar-refractivity contribution < 1.29 is 5.11 Å². The maximum absolute atomic E-state index is 8.92. The lowest BCUT2D eigenvalue weighted by molar-refractivity contribution is 0.239. The summed E-state index contributed by atoms with van der Waals surface area (Å²) in [6.45, 7) is 4.22. The minimum atomic E-state index is 0.330. The zero-order valence-electron chi connectivity index (χ0n) is 8.02. The van der Waals surface area contributed by atoms with Gasteiger partial charge in [-0.25, -0.2) is 0 Å². The van der Waals surface area contributed by atoms with E-state index in [1.165, 1.54) is 12.8 Å². The van der Waals surface area contributed by atoms with E-state index in [4.69, 9.17) is 5.11 Å². The number of aliphatic hydroxyl groups excluding tert-OH is 1. The molecule has 4 atom stereocenters. The Morgan fingerprint density at radius 2 is 2.23 bits per heavy atom. The molecule has 0 spiro atoms. The highest BCUT2D eigenvalue weighted by Gasteiger charge is 2.39. The van der Waals surface area contributed by atoms with Crippen molar-refractivity contribution in [1.29, 1.82) is 0 Å². The first kappa shape index (κ1) is 9.01. The Morgan fingerprint density at radius 1 is 1.38 bits per heavy atom. The lowest BCUT2D eigenvalue weighted by Crippen LogP contribution is -2.14. The maximum Gasteiger partial charge on any atom is 0.0436 e. The molecule has 1 fully saturated rings. The Kier molecular flexibility index (Phi) is 2.54. The van der Waals surface area contributed by atoms with Crippen LogP contribution in [0.3, 0.4) is 0 Å². The molecule has 0 amide bonds. The summed E-state index contributed by atoms with van der Waals surface area (Å²) in [6, 6.07) is 0. The van der Waals surface area contributed by atoms with Crippen molar-refractivity contribution in [1.82, 2.24) is 0 Å². The molecule has 0 saturated heterocycles. The van der Waals surface area contributed by atoms with E-state index in [0.29, 0.717) is 18.4 Å². The fourth-order valence-corrected chi connectivity index (χ4v) is 3.02. The first-order valence-corrected chi connectivity index (χ1v) is 5.28. The zero-order valence-corrected chi connectivity index (χ0v) is 8.02. The van der Waals surface area contributed by atoms with Crippen LogP contribution in [0.25, 0.3) is 0 Å². The van der Waals surface area contributed by atoms with Crippen molar-refractivity contribution >= 4 is 0 Å². The van der Waals surface area contributed by atoms with E-state index in [9.17, 15) is 0 Å². The topological polar surface area (TPSA) is 20.2 Å². The molecule has 0 heterocycles. The minimum absolute atomic E-state index is 0.330. The number of hydrogen-bond acceptors (Lipinski definition) is 1. The van der Waals surface area contributed by atoms with Crippen LogP contribution < -0.4 is 0 Å². The Morgan fingerprint density at radius 3 is 2.92 bits per heavy atom. The summed E-state index contributed by atoms with van der Waals surface area (Å²) in [7, 11) is 0. The summed E-state index contributed by atoms with van der Waals surface area (Å²) >= 11 is 0. The zero-order chi connectivity index (χ0) is 9.26. The van der Waals surface area contributed by atoms with Crippen molar-refractivity contribution in [2.45, 2.75) is 19.3 Å². The summed E-state index contributed by atoms with van der Waals surface area (Å²) < 4.78 is 0. The van der Waals surface area contributed by atoms with Gasteiger partial charge in [-0.15, -0.1) is 6.58 Å². The monoisotopic (exact) mass is 178 g/mol. The van der Waals surface area contributed by atoms with Gasteiger partial charge in [0.2, 0.25) is 0 Å². The number of fused-ring (bicyclic) bond motifs is 1. The molecule has 13 heavy (non-hydrogen) atoms. The van der Waals surface area contributed by atoms with Crippen LogP contribution in [0.15, 0.2) is 24.8 Å². The molecule has 0 aromatic carbocycles. The van der Waals surface area contributed by atoms with Gasteiger partial charge in [-0.1, -0.05) is 18.2 Å². The van der Waals surface area contributed by atoms with Crippen molar-refractivity contribution in [3.05, 3.63) is 24.8 Å². The van der Waals surface area contributed by atoms with Gasteiger partial charge in [-0.2, -0.15) is 0 Å². The predicted molar refractivity (Wildman–Crippen MR) is 54.2 cm³/mol. The summed E-state index contributed by atoms with van der Waals surface area (Å²) in [5.41, 5.74) is 0. The first-order valence-electron chi connectivity index (χ1n) is 5.28. The molecule has 2 rings (SSSR count). The van der Waals surface area contributed by atoms with Gasteiger partial charge in [-0.05, 0) is 42.9 Å². The third-order valence-electron chi connectivity index (χ3n) is 3.72. The SMILES string of the molecule is C=C[C@H]1CC[C@@H]2[C@H]1C=C[C@@H]2CCO. The van der Waals surface area contributed by atoms with Crippen LogP contribution in [0.5, 0.6) is 0 Å². The molecule has 0 aromatic heterocycles. The van der Waals surface area contributed by atoms with Crippen LogP contribution in [0, 0.1) is 23.7 Å². The average Bonchev–Trinajstić information content (AvgIpc) is 2.68. The van der Waals surface area contributed by atoms with E-state index in [1.807, 2.05) is 0 Å². The largest absolute Gasteiger partial charge is 0.396 e. The fraction of sp³-hybridized carbons (Fsp3) is 0.667. The third-order valence-corrected chi connectivity index (χ3v) is 3.72.